The number of thiazole rings is 1. The van der Waals surface area contributed by atoms with E-state index in [9.17, 15) is 13.2 Å². The molecule has 0 spiro atoms. The van der Waals surface area contributed by atoms with Crippen molar-refractivity contribution >= 4 is 28.1 Å². The highest BCUT2D eigenvalue weighted by Crippen LogP contribution is 2.37. The smallest absolute Gasteiger partial charge is 0.357 e. The summed E-state index contributed by atoms with van der Waals surface area (Å²) >= 11 is 6.69. The van der Waals surface area contributed by atoms with Crippen molar-refractivity contribution in [3.05, 3.63) is 22.2 Å². The summed E-state index contributed by atoms with van der Waals surface area (Å²) in [7, 11) is 0. The third kappa shape index (κ3) is 7.40. The Morgan fingerprint density at radius 3 is 2.50 bits per heavy atom. The topological polar surface area (TPSA) is 28.2 Å². The molecule has 0 saturated heterocycles. The van der Waals surface area contributed by atoms with Crippen LogP contribution in [-0.4, -0.2) is 29.5 Å². The van der Waals surface area contributed by atoms with Crippen LogP contribution in [0.2, 0.25) is 0 Å². The summed E-state index contributed by atoms with van der Waals surface area (Å²) in [4.78, 5) is 6.04. The van der Waals surface area contributed by atoms with Crippen LogP contribution in [-0.2, 0) is 12.7 Å². The number of anilines is 1. The van der Waals surface area contributed by atoms with Gasteiger partial charge in [0, 0.05) is 11.6 Å². The Balaban J connectivity index is 2.90. The van der Waals surface area contributed by atoms with Gasteiger partial charge in [0.05, 0.1) is 11.4 Å². The highest BCUT2D eigenvalue weighted by molar-refractivity contribution is 7.15. The van der Waals surface area contributed by atoms with E-state index >= 15 is 0 Å². The van der Waals surface area contributed by atoms with E-state index in [1.807, 2.05) is 6.92 Å². The first kappa shape index (κ1) is 21.3. The van der Waals surface area contributed by atoms with Crippen LogP contribution < -0.4 is 5.32 Å². The second-order valence-electron chi connectivity index (χ2n) is 5.64. The molecule has 3 nitrogen and oxygen atoms in total. The summed E-state index contributed by atoms with van der Waals surface area (Å²) in [6, 6.07) is 0. The van der Waals surface area contributed by atoms with Gasteiger partial charge in [-0.1, -0.05) is 44.9 Å². The van der Waals surface area contributed by atoms with Crippen LogP contribution in [0, 0.1) is 0 Å². The number of nitrogens with zero attached hydrogens (tertiary/aromatic N) is 2. The molecule has 1 N–H and O–H groups in total. The third-order valence-corrected chi connectivity index (χ3v) is 4.51. The molecule has 1 aromatic heterocycles. The number of unbranched alkanes of at least 4 members (excludes halogenated alkanes) is 2. The molecule has 24 heavy (non-hydrogen) atoms. The van der Waals surface area contributed by atoms with Gasteiger partial charge in [0.2, 0.25) is 0 Å². The van der Waals surface area contributed by atoms with Crippen molar-refractivity contribution in [2.75, 3.05) is 25.0 Å². The van der Waals surface area contributed by atoms with E-state index in [0.717, 1.165) is 50.1 Å². The Labute approximate surface area is 150 Å². The molecule has 0 saturated carbocycles. The lowest BCUT2D eigenvalue weighted by molar-refractivity contribution is -0.141. The molecule has 0 radical (unpaired) electrons. The zero-order chi connectivity index (χ0) is 18.2. The Bertz CT molecular complexity index is 517. The van der Waals surface area contributed by atoms with Crippen molar-refractivity contribution in [1.82, 2.24) is 9.88 Å². The number of halogens is 4. The fourth-order valence-corrected chi connectivity index (χ4v) is 3.39. The standard InChI is InChI=1S/C16H25ClF3N3S/c1-4-6-7-9-23(8-5-2)11-13-14(16(18,19)20)22-15(24-13)21-10-12(3)17/h3-11H2,1-2H3,(H,21,22). The second kappa shape index (κ2) is 10.3. The normalized spacial score (nSPS) is 12.0. The summed E-state index contributed by atoms with van der Waals surface area (Å²) < 4.78 is 39.8. The SMILES string of the molecule is C=C(Cl)CNc1nc(C(F)(F)F)c(CN(CCC)CCCCC)s1. The average Bonchev–Trinajstić information content (AvgIpc) is 2.88. The molecule has 0 fully saturated rings. The zero-order valence-electron chi connectivity index (χ0n) is 14.2. The predicted molar refractivity (Wildman–Crippen MR) is 95.7 cm³/mol. The largest absolute Gasteiger partial charge is 0.434 e. The van der Waals surface area contributed by atoms with Crippen LogP contribution in [0.5, 0.6) is 0 Å². The van der Waals surface area contributed by atoms with E-state index in [-0.39, 0.29) is 23.1 Å². The number of hydrogen-bond donors (Lipinski definition) is 1. The van der Waals surface area contributed by atoms with Gasteiger partial charge in [-0.05, 0) is 25.9 Å². The van der Waals surface area contributed by atoms with Crippen LogP contribution in [0.3, 0.4) is 0 Å². The van der Waals surface area contributed by atoms with E-state index in [0.29, 0.717) is 5.03 Å². The Hall–Kier alpha value is -0.790. The predicted octanol–water partition coefficient (Wildman–Crippen LogP) is 5.73. The minimum Gasteiger partial charge on any atom is -0.357 e. The number of aromatic nitrogens is 1. The molecular formula is C16H25ClF3N3S. The average molecular weight is 384 g/mol. The Kier molecular flexibility index (Phi) is 9.08. The van der Waals surface area contributed by atoms with Crippen molar-refractivity contribution in [2.24, 2.45) is 0 Å². The molecule has 0 aromatic carbocycles. The molecule has 0 aliphatic carbocycles. The van der Waals surface area contributed by atoms with Gasteiger partial charge in [-0.2, -0.15) is 13.2 Å². The van der Waals surface area contributed by atoms with Gasteiger partial charge in [-0.3, -0.25) is 4.90 Å². The van der Waals surface area contributed by atoms with E-state index in [4.69, 9.17) is 11.6 Å². The monoisotopic (exact) mass is 383 g/mol. The summed E-state index contributed by atoms with van der Waals surface area (Å²) in [5, 5.41) is 3.34. The fourth-order valence-electron chi connectivity index (χ4n) is 2.30. The lowest BCUT2D eigenvalue weighted by Crippen LogP contribution is -2.26. The zero-order valence-corrected chi connectivity index (χ0v) is 15.8. The van der Waals surface area contributed by atoms with Crippen molar-refractivity contribution in [3.8, 4) is 0 Å². The first-order valence-electron chi connectivity index (χ1n) is 8.14. The van der Waals surface area contributed by atoms with Gasteiger partial charge in [0.1, 0.15) is 0 Å². The number of nitrogens with one attached hydrogen (secondary N) is 1. The number of hydrogen-bond acceptors (Lipinski definition) is 4. The lowest BCUT2D eigenvalue weighted by atomic mass is 10.2. The maximum Gasteiger partial charge on any atom is 0.434 e. The van der Waals surface area contributed by atoms with Crippen molar-refractivity contribution in [2.45, 2.75) is 52.3 Å². The summed E-state index contributed by atoms with van der Waals surface area (Å²) in [5.74, 6) is 0. The molecule has 0 bridgehead atoms. The van der Waals surface area contributed by atoms with E-state index in [1.165, 1.54) is 0 Å². The minimum atomic E-state index is -4.45. The summed E-state index contributed by atoms with van der Waals surface area (Å²) in [6.45, 7) is 9.70. The van der Waals surface area contributed by atoms with Crippen LogP contribution in [0.4, 0.5) is 18.3 Å². The van der Waals surface area contributed by atoms with Gasteiger partial charge >= 0.3 is 6.18 Å². The minimum absolute atomic E-state index is 0.195. The summed E-state index contributed by atoms with van der Waals surface area (Å²) in [6.07, 6.45) is -0.382. The van der Waals surface area contributed by atoms with E-state index in [2.05, 4.69) is 28.7 Å². The molecule has 1 rings (SSSR count). The molecule has 0 unspecified atom stereocenters. The van der Waals surface area contributed by atoms with Gasteiger partial charge in [-0.25, -0.2) is 4.98 Å². The molecule has 138 valence electrons. The second-order valence-corrected chi connectivity index (χ2v) is 7.26. The van der Waals surface area contributed by atoms with Crippen LogP contribution in [0.1, 0.15) is 50.1 Å². The molecule has 0 atom stereocenters. The molecule has 1 heterocycles. The van der Waals surface area contributed by atoms with Gasteiger partial charge in [-0.15, -0.1) is 11.3 Å². The first-order chi connectivity index (χ1) is 11.3. The highest BCUT2D eigenvalue weighted by Gasteiger charge is 2.37. The van der Waals surface area contributed by atoms with Crippen molar-refractivity contribution in [1.29, 1.82) is 0 Å². The highest BCUT2D eigenvalue weighted by atomic mass is 35.5. The molecule has 0 amide bonds. The first-order valence-corrected chi connectivity index (χ1v) is 9.33. The van der Waals surface area contributed by atoms with Gasteiger partial charge in [0.15, 0.2) is 10.8 Å². The van der Waals surface area contributed by atoms with Gasteiger partial charge in [0.25, 0.3) is 0 Å². The van der Waals surface area contributed by atoms with Crippen LogP contribution in [0.15, 0.2) is 11.6 Å². The molecule has 0 aliphatic heterocycles. The van der Waals surface area contributed by atoms with Gasteiger partial charge < -0.3 is 5.32 Å². The maximum atomic E-state index is 13.3. The molecule has 8 heteroatoms. The maximum absolute atomic E-state index is 13.3. The van der Waals surface area contributed by atoms with Crippen molar-refractivity contribution in [3.63, 3.8) is 0 Å². The van der Waals surface area contributed by atoms with E-state index < -0.39 is 11.9 Å². The quantitative estimate of drug-likeness (QED) is 0.494. The Morgan fingerprint density at radius 1 is 1.25 bits per heavy atom. The van der Waals surface area contributed by atoms with Crippen LogP contribution in [0.25, 0.3) is 0 Å². The third-order valence-electron chi connectivity index (χ3n) is 3.38. The fraction of sp³-hybridized carbons (Fsp3) is 0.688. The lowest BCUT2D eigenvalue weighted by Gasteiger charge is -2.21. The molecular weight excluding hydrogens is 359 g/mol. The number of rotatable bonds is 11. The Morgan fingerprint density at radius 2 is 1.96 bits per heavy atom. The summed E-state index contributed by atoms with van der Waals surface area (Å²) in [5.41, 5.74) is -0.799. The van der Waals surface area contributed by atoms with Crippen LogP contribution >= 0.6 is 22.9 Å². The van der Waals surface area contributed by atoms with Crippen molar-refractivity contribution < 1.29 is 13.2 Å². The van der Waals surface area contributed by atoms with E-state index in [1.54, 1.807) is 0 Å². The molecule has 0 aliphatic rings. The number of alkyl halides is 3. The molecule has 1 aromatic rings.